The molecule has 2 aliphatic heterocycles. The Hall–Kier alpha value is -1.68. The maximum Gasteiger partial charge on any atom is 0.151 e. The highest BCUT2D eigenvalue weighted by atomic mass is 127. The minimum atomic E-state index is -0.137. The second-order valence-electron chi connectivity index (χ2n) is 6.81. The van der Waals surface area contributed by atoms with Gasteiger partial charge in [0.25, 0.3) is 0 Å². The van der Waals surface area contributed by atoms with Gasteiger partial charge in [0.05, 0.1) is 25.3 Å². The third-order valence-corrected chi connectivity index (χ3v) is 5.87. The number of rotatable bonds is 5. The summed E-state index contributed by atoms with van der Waals surface area (Å²) in [6.45, 7) is 1.59. The average molecular weight is 478 g/mol. The summed E-state index contributed by atoms with van der Waals surface area (Å²) in [5.41, 5.74) is 2.15. The highest BCUT2D eigenvalue weighted by Gasteiger charge is 2.49. The largest absolute Gasteiger partial charge is 0.485 e. The van der Waals surface area contributed by atoms with E-state index in [1.54, 1.807) is 0 Å². The van der Waals surface area contributed by atoms with Crippen molar-refractivity contribution in [1.29, 1.82) is 0 Å². The van der Waals surface area contributed by atoms with E-state index in [4.69, 9.17) is 18.9 Å². The molecule has 2 aliphatic rings. The molecule has 0 unspecified atom stereocenters. The van der Waals surface area contributed by atoms with Gasteiger partial charge >= 0.3 is 0 Å². The average Bonchev–Trinajstić information content (AvgIpc) is 3.38. The first-order valence-electron chi connectivity index (χ1n) is 8.97. The molecule has 0 spiro atoms. The van der Waals surface area contributed by atoms with Gasteiger partial charge in [-0.25, -0.2) is 0 Å². The summed E-state index contributed by atoms with van der Waals surface area (Å²) < 4.78 is 25.1. The zero-order valence-electron chi connectivity index (χ0n) is 14.5. The van der Waals surface area contributed by atoms with Gasteiger partial charge < -0.3 is 18.9 Å². The molecule has 5 rings (SSSR count). The molecule has 1 N–H and O–H groups in total. The minimum Gasteiger partial charge on any atom is -0.485 e. The molecule has 0 aliphatic carbocycles. The van der Waals surface area contributed by atoms with E-state index in [0.29, 0.717) is 19.8 Å². The number of nitrogens with one attached hydrogen (secondary N) is 1. The molecule has 7 heteroatoms. The Labute approximate surface area is 170 Å². The quantitative estimate of drug-likeness (QED) is 0.571. The van der Waals surface area contributed by atoms with Crippen molar-refractivity contribution < 1.29 is 18.9 Å². The number of fused-ring (bicyclic) bond motifs is 2. The SMILES string of the molecule is Ic1n[nH]c2ccc(O[C@@H]3CO[C@H]4[C@@H]3OC[C@H]4OCc3ccccc3)cc12. The van der Waals surface area contributed by atoms with Crippen molar-refractivity contribution in [3.05, 3.63) is 57.8 Å². The molecule has 0 saturated carbocycles. The van der Waals surface area contributed by atoms with Crippen molar-refractivity contribution in [2.45, 2.75) is 31.0 Å². The van der Waals surface area contributed by atoms with Crippen LogP contribution in [0.2, 0.25) is 0 Å². The maximum absolute atomic E-state index is 6.18. The lowest BCUT2D eigenvalue weighted by Crippen LogP contribution is -2.35. The summed E-state index contributed by atoms with van der Waals surface area (Å²) in [7, 11) is 0. The molecule has 1 aromatic heterocycles. The van der Waals surface area contributed by atoms with Gasteiger partial charge in [0.15, 0.2) is 6.10 Å². The number of hydrogen-bond acceptors (Lipinski definition) is 5. The van der Waals surface area contributed by atoms with E-state index in [-0.39, 0.29) is 24.4 Å². The van der Waals surface area contributed by atoms with Crippen LogP contribution in [0.25, 0.3) is 10.9 Å². The summed E-state index contributed by atoms with van der Waals surface area (Å²) in [5.74, 6) is 0.799. The van der Waals surface area contributed by atoms with Crippen LogP contribution in [0.3, 0.4) is 0 Å². The third kappa shape index (κ3) is 3.44. The second-order valence-corrected chi connectivity index (χ2v) is 7.83. The second kappa shape index (κ2) is 7.38. The number of ether oxygens (including phenoxy) is 4. The van der Waals surface area contributed by atoms with E-state index in [9.17, 15) is 0 Å². The van der Waals surface area contributed by atoms with Gasteiger partial charge in [0.1, 0.15) is 27.8 Å². The van der Waals surface area contributed by atoms with Crippen LogP contribution in [0.4, 0.5) is 0 Å². The molecule has 3 aromatic rings. The number of aromatic amines is 1. The molecule has 2 fully saturated rings. The van der Waals surface area contributed by atoms with Crippen molar-refractivity contribution in [2.75, 3.05) is 13.2 Å². The first-order valence-corrected chi connectivity index (χ1v) is 10.0. The van der Waals surface area contributed by atoms with Crippen molar-refractivity contribution >= 4 is 33.5 Å². The van der Waals surface area contributed by atoms with Crippen LogP contribution >= 0.6 is 22.6 Å². The van der Waals surface area contributed by atoms with Gasteiger partial charge in [-0.15, -0.1) is 0 Å². The highest BCUT2D eigenvalue weighted by molar-refractivity contribution is 14.1. The zero-order chi connectivity index (χ0) is 18.2. The van der Waals surface area contributed by atoms with E-state index in [2.05, 4.69) is 44.9 Å². The first-order chi connectivity index (χ1) is 13.3. The van der Waals surface area contributed by atoms with E-state index < -0.39 is 0 Å². The Morgan fingerprint density at radius 3 is 2.67 bits per heavy atom. The van der Waals surface area contributed by atoms with E-state index >= 15 is 0 Å². The van der Waals surface area contributed by atoms with Gasteiger partial charge in [0.2, 0.25) is 0 Å². The van der Waals surface area contributed by atoms with Crippen molar-refractivity contribution in [2.24, 2.45) is 0 Å². The Morgan fingerprint density at radius 1 is 1.04 bits per heavy atom. The molecule has 6 nitrogen and oxygen atoms in total. The number of benzene rings is 2. The standard InChI is InChI=1S/C20H19IN2O4/c21-20-14-8-13(6-7-15(14)22-23-20)27-17-11-26-18-16(10-25-19(17)18)24-9-12-4-2-1-3-5-12/h1-8,16-19H,9-11H2,(H,22,23)/t16-,17-,18-,19-/m1/s1. The molecule has 2 aromatic carbocycles. The van der Waals surface area contributed by atoms with Gasteiger partial charge in [-0.3, -0.25) is 5.10 Å². The number of H-pyrrole nitrogens is 1. The van der Waals surface area contributed by atoms with Crippen LogP contribution in [0.1, 0.15) is 5.56 Å². The van der Waals surface area contributed by atoms with Gasteiger partial charge in [-0.1, -0.05) is 30.3 Å². The Balaban J connectivity index is 1.23. The molecule has 0 bridgehead atoms. The monoisotopic (exact) mass is 478 g/mol. The van der Waals surface area contributed by atoms with Crippen LogP contribution in [0.15, 0.2) is 48.5 Å². The molecule has 0 radical (unpaired) electrons. The van der Waals surface area contributed by atoms with Crippen molar-refractivity contribution in [3.63, 3.8) is 0 Å². The van der Waals surface area contributed by atoms with Crippen LogP contribution in [0, 0.1) is 3.70 Å². The van der Waals surface area contributed by atoms with Gasteiger partial charge in [-0.05, 0) is 46.4 Å². The molecule has 4 atom stereocenters. The van der Waals surface area contributed by atoms with Crippen LogP contribution < -0.4 is 4.74 Å². The van der Waals surface area contributed by atoms with Crippen molar-refractivity contribution in [3.8, 4) is 5.75 Å². The number of nitrogens with zero attached hydrogens (tertiary/aromatic N) is 1. The lowest BCUT2D eigenvalue weighted by Gasteiger charge is -2.18. The summed E-state index contributed by atoms with van der Waals surface area (Å²) in [4.78, 5) is 0. The van der Waals surface area contributed by atoms with E-state index in [1.165, 1.54) is 0 Å². The van der Waals surface area contributed by atoms with Crippen LogP contribution in [-0.4, -0.2) is 47.8 Å². The Morgan fingerprint density at radius 2 is 1.81 bits per heavy atom. The normalized spacial score (nSPS) is 27.1. The molecule has 3 heterocycles. The number of halogens is 1. The summed E-state index contributed by atoms with van der Waals surface area (Å²) in [6.07, 6.45) is -0.398. The minimum absolute atomic E-state index is 0.0684. The molecular formula is C20H19IN2O4. The smallest absolute Gasteiger partial charge is 0.151 e. The molecule has 140 valence electrons. The number of hydrogen-bond donors (Lipinski definition) is 1. The van der Waals surface area contributed by atoms with Crippen LogP contribution in [-0.2, 0) is 20.8 Å². The fourth-order valence-electron chi connectivity index (χ4n) is 3.66. The van der Waals surface area contributed by atoms with E-state index in [0.717, 1.165) is 25.9 Å². The topological polar surface area (TPSA) is 65.6 Å². The van der Waals surface area contributed by atoms with Crippen molar-refractivity contribution in [1.82, 2.24) is 10.2 Å². The van der Waals surface area contributed by atoms with Crippen LogP contribution in [0.5, 0.6) is 5.75 Å². The number of aromatic nitrogens is 2. The Bertz CT molecular complexity index is 932. The molecule has 2 saturated heterocycles. The summed E-state index contributed by atoms with van der Waals surface area (Å²) >= 11 is 2.21. The lowest BCUT2D eigenvalue weighted by atomic mass is 10.1. The van der Waals surface area contributed by atoms with E-state index in [1.807, 2.05) is 36.4 Å². The lowest BCUT2D eigenvalue weighted by molar-refractivity contribution is -0.0425. The fourth-order valence-corrected chi connectivity index (χ4v) is 4.23. The van der Waals surface area contributed by atoms with Gasteiger partial charge in [0, 0.05) is 5.39 Å². The van der Waals surface area contributed by atoms with Gasteiger partial charge in [-0.2, -0.15) is 5.10 Å². The predicted molar refractivity (Wildman–Crippen MR) is 108 cm³/mol. The first kappa shape index (κ1) is 17.4. The summed E-state index contributed by atoms with van der Waals surface area (Å²) in [6, 6.07) is 16.1. The summed E-state index contributed by atoms with van der Waals surface area (Å²) in [5, 5.41) is 8.27. The molecule has 27 heavy (non-hydrogen) atoms. The predicted octanol–water partition coefficient (Wildman–Crippen LogP) is 3.30. The Kier molecular flexibility index (Phi) is 4.76. The zero-order valence-corrected chi connectivity index (χ0v) is 16.7. The third-order valence-electron chi connectivity index (χ3n) is 5.04. The molecule has 0 amide bonds. The maximum atomic E-state index is 6.18. The fraction of sp³-hybridized carbons (Fsp3) is 0.350. The molecular weight excluding hydrogens is 459 g/mol. The highest BCUT2D eigenvalue weighted by Crippen LogP contribution is 2.33.